The zero-order valence-corrected chi connectivity index (χ0v) is 12.9. The Balaban J connectivity index is 2.15. The van der Waals surface area contributed by atoms with Crippen molar-refractivity contribution in [1.82, 2.24) is 5.32 Å². The molecule has 1 aromatic rings. The second-order valence-corrected chi connectivity index (χ2v) is 6.18. The Labute approximate surface area is 122 Å². The minimum absolute atomic E-state index is 0.156. The summed E-state index contributed by atoms with van der Waals surface area (Å²) in [5.41, 5.74) is 2.49. The lowest BCUT2D eigenvalue weighted by atomic mass is 9.94. The first-order valence-corrected chi connectivity index (χ1v) is 7.57. The smallest absolute Gasteiger partial charge is 0.307 e. The maximum absolute atomic E-state index is 11.0. The van der Waals surface area contributed by atoms with Crippen molar-refractivity contribution in [2.75, 3.05) is 6.54 Å². The Bertz CT molecular complexity index is 475. The molecule has 0 saturated carbocycles. The standard InChI is InChI=1S/C15H20BrNO2/c1-3-9(2)12-5-4-10(6-13(12)16)14-7-11(8-17-14)15(18)19/h4-6,9,11,14,17H,3,7-8H2,1-2H3,(H,18,19). The van der Waals surface area contributed by atoms with Crippen molar-refractivity contribution in [3.8, 4) is 0 Å². The van der Waals surface area contributed by atoms with E-state index in [0.29, 0.717) is 18.9 Å². The molecule has 1 aromatic carbocycles. The average molecular weight is 326 g/mol. The number of hydrogen-bond acceptors (Lipinski definition) is 2. The number of nitrogens with one attached hydrogen (secondary N) is 1. The van der Waals surface area contributed by atoms with Gasteiger partial charge >= 0.3 is 5.97 Å². The molecular formula is C15H20BrNO2. The van der Waals surface area contributed by atoms with E-state index in [1.165, 1.54) is 11.1 Å². The highest BCUT2D eigenvalue weighted by molar-refractivity contribution is 9.10. The van der Waals surface area contributed by atoms with Crippen LogP contribution >= 0.6 is 15.9 Å². The third kappa shape index (κ3) is 3.18. The quantitative estimate of drug-likeness (QED) is 0.887. The van der Waals surface area contributed by atoms with Gasteiger partial charge in [-0.25, -0.2) is 0 Å². The van der Waals surface area contributed by atoms with E-state index in [4.69, 9.17) is 5.11 Å². The molecule has 2 N–H and O–H groups in total. The largest absolute Gasteiger partial charge is 0.481 e. The molecule has 1 saturated heterocycles. The van der Waals surface area contributed by atoms with Gasteiger partial charge in [0, 0.05) is 17.1 Å². The monoisotopic (exact) mass is 325 g/mol. The number of aliphatic carboxylic acids is 1. The fourth-order valence-electron chi connectivity index (χ4n) is 2.56. The third-order valence-corrected chi connectivity index (χ3v) is 4.74. The molecule has 3 unspecified atom stereocenters. The molecule has 0 aliphatic carbocycles. The summed E-state index contributed by atoms with van der Waals surface area (Å²) in [6, 6.07) is 6.56. The number of benzene rings is 1. The van der Waals surface area contributed by atoms with Crippen LogP contribution in [0.3, 0.4) is 0 Å². The summed E-state index contributed by atoms with van der Waals surface area (Å²) >= 11 is 3.64. The van der Waals surface area contributed by atoms with Gasteiger partial charge in [-0.2, -0.15) is 0 Å². The maximum Gasteiger partial charge on any atom is 0.307 e. The Morgan fingerprint density at radius 3 is 2.84 bits per heavy atom. The molecule has 19 heavy (non-hydrogen) atoms. The van der Waals surface area contributed by atoms with Crippen LogP contribution in [0.1, 0.15) is 49.8 Å². The van der Waals surface area contributed by atoms with Crippen LogP contribution in [0.25, 0.3) is 0 Å². The van der Waals surface area contributed by atoms with Crippen molar-refractivity contribution in [3.63, 3.8) is 0 Å². The van der Waals surface area contributed by atoms with Gasteiger partial charge in [0.15, 0.2) is 0 Å². The van der Waals surface area contributed by atoms with E-state index in [9.17, 15) is 4.79 Å². The molecule has 104 valence electrons. The van der Waals surface area contributed by atoms with E-state index in [1.54, 1.807) is 0 Å². The van der Waals surface area contributed by atoms with Gasteiger partial charge in [-0.1, -0.05) is 41.9 Å². The second kappa shape index (κ2) is 6.06. The summed E-state index contributed by atoms with van der Waals surface area (Å²) in [6.07, 6.45) is 1.78. The first kappa shape index (κ1) is 14.5. The van der Waals surface area contributed by atoms with Gasteiger partial charge in [-0.3, -0.25) is 4.79 Å². The highest BCUT2D eigenvalue weighted by Gasteiger charge is 2.30. The fourth-order valence-corrected chi connectivity index (χ4v) is 3.34. The molecule has 0 spiro atoms. The van der Waals surface area contributed by atoms with Crippen LogP contribution in [0, 0.1) is 5.92 Å². The van der Waals surface area contributed by atoms with Crippen molar-refractivity contribution < 1.29 is 9.90 Å². The maximum atomic E-state index is 11.0. The molecule has 1 aliphatic rings. The summed E-state index contributed by atoms with van der Waals surface area (Å²) in [6.45, 7) is 4.96. The molecule has 2 rings (SSSR count). The van der Waals surface area contributed by atoms with Crippen LogP contribution in [0.5, 0.6) is 0 Å². The first-order valence-electron chi connectivity index (χ1n) is 6.78. The Morgan fingerprint density at radius 1 is 1.58 bits per heavy atom. The van der Waals surface area contributed by atoms with E-state index >= 15 is 0 Å². The van der Waals surface area contributed by atoms with Gasteiger partial charge in [0.05, 0.1) is 5.92 Å². The van der Waals surface area contributed by atoms with E-state index in [2.05, 4.69) is 53.3 Å². The van der Waals surface area contributed by atoms with Crippen molar-refractivity contribution >= 4 is 21.9 Å². The van der Waals surface area contributed by atoms with Crippen LogP contribution in [0.4, 0.5) is 0 Å². The SMILES string of the molecule is CCC(C)c1ccc(C2CC(C(=O)O)CN2)cc1Br. The Kier molecular flexibility index (Phi) is 4.63. The minimum atomic E-state index is -0.703. The molecule has 0 radical (unpaired) electrons. The van der Waals surface area contributed by atoms with Gasteiger partial charge in [-0.05, 0) is 36.0 Å². The van der Waals surface area contributed by atoms with E-state index in [0.717, 1.165) is 10.9 Å². The van der Waals surface area contributed by atoms with Gasteiger partial charge < -0.3 is 10.4 Å². The lowest BCUT2D eigenvalue weighted by Crippen LogP contribution is -2.17. The molecule has 0 aromatic heterocycles. The highest BCUT2D eigenvalue weighted by Crippen LogP contribution is 2.33. The number of carboxylic acid groups (broad SMARTS) is 1. The number of halogens is 1. The van der Waals surface area contributed by atoms with E-state index < -0.39 is 5.97 Å². The van der Waals surface area contributed by atoms with Gasteiger partial charge in [0.2, 0.25) is 0 Å². The van der Waals surface area contributed by atoms with Crippen LogP contribution < -0.4 is 5.32 Å². The number of carbonyl (C=O) groups is 1. The molecule has 0 amide bonds. The van der Waals surface area contributed by atoms with Crippen molar-refractivity contribution in [3.05, 3.63) is 33.8 Å². The lowest BCUT2D eigenvalue weighted by Gasteiger charge is -2.16. The van der Waals surface area contributed by atoms with Gasteiger partial charge in [-0.15, -0.1) is 0 Å². The van der Waals surface area contributed by atoms with Gasteiger partial charge in [0.1, 0.15) is 0 Å². The first-order chi connectivity index (χ1) is 9.02. The third-order valence-electron chi connectivity index (χ3n) is 4.05. The molecule has 1 heterocycles. The molecule has 1 aliphatic heterocycles. The summed E-state index contributed by atoms with van der Waals surface area (Å²) in [4.78, 5) is 11.0. The van der Waals surface area contributed by atoms with Crippen molar-refractivity contribution in [2.24, 2.45) is 5.92 Å². The lowest BCUT2D eigenvalue weighted by molar-refractivity contribution is -0.141. The number of hydrogen-bond donors (Lipinski definition) is 2. The molecule has 1 fully saturated rings. The van der Waals surface area contributed by atoms with Gasteiger partial charge in [0.25, 0.3) is 0 Å². The van der Waals surface area contributed by atoms with Crippen molar-refractivity contribution in [1.29, 1.82) is 0 Å². The fraction of sp³-hybridized carbons (Fsp3) is 0.533. The molecule has 0 bridgehead atoms. The Morgan fingerprint density at radius 2 is 2.32 bits per heavy atom. The van der Waals surface area contributed by atoms with E-state index in [1.807, 2.05) is 0 Å². The normalized spacial score (nSPS) is 24.4. The summed E-state index contributed by atoms with van der Waals surface area (Å²) in [5, 5.41) is 12.3. The van der Waals surface area contributed by atoms with Crippen molar-refractivity contribution in [2.45, 2.75) is 38.6 Å². The number of carboxylic acids is 1. The van der Waals surface area contributed by atoms with E-state index in [-0.39, 0.29) is 12.0 Å². The minimum Gasteiger partial charge on any atom is -0.481 e. The van der Waals surface area contributed by atoms with Crippen LogP contribution in [0.2, 0.25) is 0 Å². The average Bonchev–Trinajstić information content (AvgIpc) is 2.87. The topological polar surface area (TPSA) is 49.3 Å². The summed E-state index contributed by atoms with van der Waals surface area (Å²) < 4.78 is 1.12. The predicted molar refractivity (Wildman–Crippen MR) is 79.3 cm³/mol. The zero-order chi connectivity index (χ0) is 14.0. The van der Waals surface area contributed by atoms with Crippen LogP contribution in [-0.2, 0) is 4.79 Å². The zero-order valence-electron chi connectivity index (χ0n) is 11.3. The van der Waals surface area contributed by atoms with Crippen LogP contribution in [-0.4, -0.2) is 17.6 Å². The van der Waals surface area contributed by atoms with Crippen LogP contribution in [0.15, 0.2) is 22.7 Å². The second-order valence-electron chi connectivity index (χ2n) is 5.32. The Hall–Kier alpha value is -0.870. The summed E-state index contributed by atoms with van der Waals surface area (Å²) in [7, 11) is 0. The predicted octanol–water partition coefficient (Wildman–Crippen LogP) is 3.70. The highest BCUT2D eigenvalue weighted by atomic mass is 79.9. The molecule has 4 heteroatoms. The molecule has 3 nitrogen and oxygen atoms in total. The molecule has 3 atom stereocenters. The summed E-state index contributed by atoms with van der Waals surface area (Å²) in [5.74, 6) is -0.435. The molecular weight excluding hydrogens is 306 g/mol. The number of rotatable bonds is 4.